The molecule has 52 heavy (non-hydrogen) atoms. The number of amides is 2. The Labute approximate surface area is 310 Å². The lowest BCUT2D eigenvalue weighted by Crippen LogP contribution is -2.41. The summed E-state index contributed by atoms with van der Waals surface area (Å²) in [7, 11) is 3.91. The van der Waals surface area contributed by atoms with Crippen LogP contribution in [0.15, 0.2) is 24.3 Å². The number of benzene rings is 2. The van der Waals surface area contributed by atoms with Crippen molar-refractivity contribution in [2.45, 2.75) is 62.6 Å². The van der Waals surface area contributed by atoms with Gasteiger partial charge in [0.2, 0.25) is 0 Å². The van der Waals surface area contributed by atoms with Crippen LogP contribution in [0.25, 0.3) is 0 Å². The van der Waals surface area contributed by atoms with E-state index in [1.165, 1.54) is 44.4 Å². The summed E-state index contributed by atoms with van der Waals surface area (Å²) in [5.74, 6) is 0.331. The molecular weight excluding hydrogens is 721 g/mol. The van der Waals surface area contributed by atoms with Gasteiger partial charge in [0.15, 0.2) is 23.0 Å². The Hall–Kier alpha value is -4.45. The summed E-state index contributed by atoms with van der Waals surface area (Å²) in [6, 6.07) is 3.93. The Morgan fingerprint density at radius 3 is 1.71 bits per heavy atom. The number of carbonyl (C=O) groups is 3. The first-order valence-electron chi connectivity index (χ1n) is 16.9. The lowest BCUT2D eigenvalue weighted by Gasteiger charge is -2.31. The van der Waals surface area contributed by atoms with Crippen molar-refractivity contribution >= 4 is 52.7 Å². The lowest BCUT2D eigenvalue weighted by molar-refractivity contribution is -0.385. The monoisotopic (exact) mass is 764 g/mol. The molecule has 18 heteroatoms. The van der Waals surface area contributed by atoms with E-state index in [0.717, 1.165) is 30.4 Å². The van der Waals surface area contributed by atoms with Crippen molar-refractivity contribution in [3.05, 3.63) is 55.6 Å². The van der Waals surface area contributed by atoms with Gasteiger partial charge in [-0.3, -0.25) is 29.8 Å². The molecule has 0 radical (unpaired) electrons. The number of nitrogens with zero attached hydrogens (tertiary/aromatic N) is 4. The van der Waals surface area contributed by atoms with Gasteiger partial charge in [-0.25, -0.2) is 4.79 Å². The Balaban J connectivity index is 1.46. The molecule has 2 amide bonds. The molecule has 2 atom stereocenters. The Morgan fingerprint density at radius 2 is 1.25 bits per heavy atom. The van der Waals surface area contributed by atoms with E-state index in [9.17, 15) is 34.6 Å². The molecule has 0 aliphatic carbocycles. The highest BCUT2D eigenvalue weighted by molar-refractivity contribution is 8.17. The number of esters is 1. The maximum atomic E-state index is 13.8. The van der Waals surface area contributed by atoms with Crippen molar-refractivity contribution < 1.29 is 47.9 Å². The van der Waals surface area contributed by atoms with Crippen LogP contribution in [0.5, 0.6) is 23.0 Å². The minimum atomic E-state index is -0.847. The van der Waals surface area contributed by atoms with Crippen LogP contribution < -0.4 is 18.9 Å². The van der Waals surface area contributed by atoms with Gasteiger partial charge in [-0.2, -0.15) is 0 Å². The minimum Gasteiger partial charge on any atom is -0.493 e. The molecule has 16 nitrogen and oxygen atoms in total. The van der Waals surface area contributed by atoms with Gasteiger partial charge in [0.25, 0.3) is 23.2 Å². The number of hydrogen-bond donors (Lipinski definition) is 0. The molecule has 2 aliphatic rings. The van der Waals surface area contributed by atoms with Crippen molar-refractivity contribution in [2.75, 3.05) is 59.1 Å². The van der Waals surface area contributed by atoms with Crippen LogP contribution in [0.3, 0.4) is 0 Å². The molecule has 2 fully saturated rings. The summed E-state index contributed by atoms with van der Waals surface area (Å²) in [4.78, 5) is 65.3. The fraction of sp³-hybridized carbons (Fsp3) is 0.559. The number of methoxy groups -OCH3 is 3. The fourth-order valence-corrected chi connectivity index (χ4v) is 9.21. The van der Waals surface area contributed by atoms with Gasteiger partial charge < -0.3 is 33.5 Å². The Bertz CT molecular complexity index is 1640. The summed E-state index contributed by atoms with van der Waals surface area (Å²) in [6.45, 7) is 4.87. The number of nitro benzene ring substituents is 2. The zero-order valence-electron chi connectivity index (χ0n) is 29.8. The number of carbonyl (C=O) groups excluding carboxylic acids is 3. The van der Waals surface area contributed by atoms with Crippen LogP contribution in [-0.2, 0) is 9.53 Å². The number of thioether (sulfide) groups is 2. The molecule has 0 spiro atoms. The van der Waals surface area contributed by atoms with Crippen molar-refractivity contribution in [1.29, 1.82) is 0 Å². The van der Waals surface area contributed by atoms with Gasteiger partial charge in [-0.1, -0.05) is 13.8 Å². The highest BCUT2D eigenvalue weighted by atomic mass is 32.2. The third-order valence-corrected chi connectivity index (χ3v) is 11.5. The van der Waals surface area contributed by atoms with Gasteiger partial charge >= 0.3 is 5.97 Å². The number of nitro groups is 2. The first-order valence-corrected chi connectivity index (χ1v) is 19.0. The average Bonchev–Trinajstić information content (AvgIpc) is 3.84. The molecule has 284 valence electrons. The number of likely N-dealkylation sites (tertiary alicyclic amines) is 2. The maximum absolute atomic E-state index is 13.8. The van der Waals surface area contributed by atoms with Crippen LogP contribution >= 0.6 is 23.5 Å². The quantitative estimate of drug-likeness (QED) is 0.0601. The minimum absolute atomic E-state index is 0.00399. The van der Waals surface area contributed by atoms with Crippen molar-refractivity contribution in [2.24, 2.45) is 0 Å². The van der Waals surface area contributed by atoms with E-state index in [1.807, 2.05) is 0 Å². The smallest absolute Gasteiger partial charge is 0.328 e. The first-order chi connectivity index (χ1) is 25.0. The summed E-state index contributed by atoms with van der Waals surface area (Å²) in [6.07, 6.45) is 2.78. The third kappa shape index (κ3) is 9.12. The molecule has 0 saturated carbocycles. The van der Waals surface area contributed by atoms with E-state index in [0.29, 0.717) is 19.4 Å². The zero-order valence-corrected chi connectivity index (χ0v) is 31.5. The molecule has 4 rings (SSSR count). The molecule has 0 unspecified atom stereocenters. The van der Waals surface area contributed by atoms with E-state index >= 15 is 0 Å². The summed E-state index contributed by atoms with van der Waals surface area (Å²) >= 11 is 3.55. The number of rotatable bonds is 18. The lowest BCUT2D eigenvalue weighted by atomic mass is 10.1. The van der Waals surface area contributed by atoms with Crippen molar-refractivity contribution in [1.82, 2.24) is 9.80 Å². The number of ether oxygens (including phenoxy) is 5. The molecule has 2 aromatic rings. The SMILES string of the molecule is CCSC(SCC)[C@@H]1CCCN1C(=O)c1cc(OC)c(OCCCOc2cc([N+](=O)[O-])c(C(=O)N3CCC[C@H]3C(=O)OC)cc2OC)cc1[N+](=O)[O-]. The van der Waals surface area contributed by atoms with Crippen LogP contribution in [0, 0.1) is 20.2 Å². The normalized spacial score (nSPS) is 16.9. The largest absolute Gasteiger partial charge is 0.493 e. The van der Waals surface area contributed by atoms with E-state index in [1.54, 1.807) is 28.4 Å². The highest BCUT2D eigenvalue weighted by Gasteiger charge is 2.40. The molecule has 0 bridgehead atoms. The topological polar surface area (TPSA) is 190 Å². The van der Waals surface area contributed by atoms with Gasteiger partial charge in [0, 0.05) is 31.6 Å². The van der Waals surface area contributed by atoms with Gasteiger partial charge in [0.05, 0.1) is 67.1 Å². The third-order valence-electron chi connectivity index (χ3n) is 8.74. The second-order valence-electron chi connectivity index (χ2n) is 11.8. The summed E-state index contributed by atoms with van der Waals surface area (Å²) < 4.78 is 27.4. The van der Waals surface area contributed by atoms with Crippen molar-refractivity contribution in [3.8, 4) is 23.0 Å². The van der Waals surface area contributed by atoms with Crippen molar-refractivity contribution in [3.63, 3.8) is 0 Å². The summed E-state index contributed by atoms with van der Waals surface area (Å²) in [5, 5.41) is 24.2. The Morgan fingerprint density at radius 1 is 0.769 bits per heavy atom. The predicted octanol–water partition coefficient (Wildman–Crippen LogP) is 5.58. The average molecular weight is 765 g/mol. The van der Waals surface area contributed by atoms with E-state index in [-0.39, 0.29) is 70.9 Å². The first kappa shape index (κ1) is 40.3. The molecule has 0 aromatic heterocycles. The second-order valence-corrected chi connectivity index (χ2v) is 14.9. The van der Waals surface area contributed by atoms with Gasteiger partial charge in [0.1, 0.15) is 17.2 Å². The molecule has 0 N–H and O–H groups in total. The molecule has 2 aliphatic heterocycles. The molecule has 2 heterocycles. The van der Waals surface area contributed by atoms with Crippen LogP contribution in [0.1, 0.15) is 66.7 Å². The highest BCUT2D eigenvalue weighted by Crippen LogP contribution is 2.40. The second kappa shape index (κ2) is 18.9. The van der Waals surface area contributed by atoms with Crippen LogP contribution in [0.4, 0.5) is 11.4 Å². The molecule has 2 saturated heterocycles. The van der Waals surface area contributed by atoms with E-state index < -0.39 is 45.0 Å². The van der Waals surface area contributed by atoms with Gasteiger partial charge in [-0.15, -0.1) is 23.5 Å². The van der Waals surface area contributed by atoms with Gasteiger partial charge in [-0.05, 0) is 37.2 Å². The fourth-order valence-electron chi connectivity index (χ4n) is 6.34. The predicted molar refractivity (Wildman–Crippen MR) is 195 cm³/mol. The van der Waals surface area contributed by atoms with E-state index in [4.69, 9.17) is 23.7 Å². The standard InChI is InChI=1S/C34H44N4O12S2/c1-6-51-34(52-7-2)24-12-9-14-36(24)32(40)22-18-28(47-4)30(20-26(22)38(44)45)50-16-10-15-49-29-19-25(37(42)43)21(17-27(29)46-3)31(39)35-13-8-11-23(35)33(41)48-5/h17-20,23-24,34H,6-16H2,1-5H3/t23-,24-/m0/s1. The number of hydrogen-bond acceptors (Lipinski definition) is 14. The molecular formula is C34H44N4O12S2. The zero-order chi connectivity index (χ0) is 37.9. The van der Waals surface area contributed by atoms with Crippen LogP contribution in [0.2, 0.25) is 0 Å². The van der Waals surface area contributed by atoms with Crippen LogP contribution in [-0.4, -0.2) is 113 Å². The maximum Gasteiger partial charge on any atom is 0.328 e. The molecule has 2 aromatic carbocycles. The Kier molecular flexibility index (Phi) is 14.6. The van der Waals surface area contributed by atoms with E-state index in [2.05, 4.69) is 13.8 Å². The summed E-state index contributed by atoms with van der Waals surface area (Å²) in [5.41, 5.74) is -1.26.